The standard InChI is InChI=1S/C17H16N2O2/c1-12-5-7-14(4-3-9-20)16(10-12)19-17(21)15-8-6-13(2)18-11-15/h5-8,10-11,20H,9H2,1-2H3,(H,19,21). The van der Waals surface area contributed by atoms with Gasteiger partial charge in [0.1, 0.15) is 6.61 Å². The van der Waals surface area contributed by atoms with Gasteiger partial charge >= 0.3 is 0 Å². The predicted octanol–water partition coefficient (Wildman–Crippen LogP) is 2.29. The molecule has 0 aliphatic heterocycles. The number of benzene rings is 1. The number of nitrogens with one attached hydrogen (secondary N) is 1. The molecule has 0 unspecified atom stereocenters. The third kappa shape index (κ3) is 3.91. The third-order valence-electron chi connectivity index (χ3n) is 2.90. The minimum Gasteiger partial charge on any atom is -0.384 e. The van der Waals surface area contributed by atoms with Gasteiger partial charge < -0.3 is 10.4 Å². The van der Waals surface area contributed by atoms with Gasteiger partial charge in [0, 0.05) is 17.5 Å². The van der Waals surface area contributed by atoms with Crippen LogP contribution in [0.15, 0.2) is 36.5 Å². The quantitative estimate of drug-likeness (QED) is 0.830. The first kappa shape index (κ1) is 14.8. The monoisotopic (exact) mass is 280 g/mol. The van der Waals surface area contributed by atoms with Crippen LogP contribution in [-0.2, 0) is 0 Å². The molecule has 1 aromatic heterocycles. The SMILES string of the molecule is Cc1ccc(C#CCO)c(NC(=O)c2ccc(C)nc2)c1. The number of hydrogen-bond acceptors (Lipinski definition) is 3. The first-order valence-electron chi connectivity index (χ1n) is 6.54. The first-order valence-corrected chi connectivity index (χ1v) is 6.54. The molecule has 0 saturated heterocycles. The highest BCUT2D eigenvalue weighted by atomic mass is 16.2. The number of aromatic nitrogens is 1. The molecule has 0 aliphatic rings. The molecule has 21 heavy (non-hydrogen) atoms. The summed E-state index contributed by atoms with van der Waals surface area (Å²) in [6.07, 6.45) is 1.54. The number of aliphatic hydroxyl groups is 1. The average molecular weight is 280 g/mol. The fourth-order valence-corrected chi connectivity index (χ4v) is 1.80. The van der Waals surface area contributed by atoms with Crippen LogP contribution in [-0.4, -0.2) is 22.6 Å². The molecule has 0 bridgehead atoms. The lowest BCUT2D eigenvalue weighted by Crippen LogP contribution is -2.13. The van der Waals surface area contributed by atoms with Gasteiger partial charge in [-0.15, -0.1) is 0 Å². The Morgan fingerprint density at radius 2 is 2.10 bits per heavy atom. The maximum Gasteiger partial charge on any atom is 0.257 e. The van der Waals surface area contributed by atoms with E-state index in [1.165, 1.54) is 0 Å². The van der Waals surface area contributed by atoms with Crippen LogP contribution in [0, 0.1) is 25.7 Å². The van der Waals surface area contributed by atoms with E-state index in [4.69, 9.17) is 5.11 Å². The van der Waals surface area contributed by atoms with Gasteiger partial charge in [0.2, 0.25) is 0 Å². The van der Waals surface area contributed by atoms with Crippen molar-refractivity contribution in [2.75, 3.05) is 11.9 Å². The van der Waals surface area contributed by atoms with Gasteiger partial charge in [0.25, 0.3) is 5.91 Å². The van der Waals surface area contributed by atoms with E-state index >= 15 is 0 Å². The van der Waals surface area contributed by atoms with Gasteiger partial charge in [0.05, 0.1) is 11.3 Å². The van der Waals surface area contributed by atoms with Gasteiger partial charge in [-0.05, 0) is 43.7 Å². The Morgan fingerprint density at radius 3 is 2.76 bits per heavy atom. The molecule has 1 amide bonds. The van der Waals surface area contributed by atoms with Crippen molar-refractivity contribution in [1.29, 1.82) is 0 Å². The Balaban J connectivity index is 2.27. The largest absolute Gasteiger partial charge is 0.384 e. The summed E-state index contributed by atoms with van der Waals surface area (Å²) in [4.78, 5) is 16.3. The van der Waals surface area contributed by atoms with Gasteiger partial charge in [-0.1, -0.05) is 17.9 Å². The molecule has 2 rings (SSSR count). The Labute approximate surface area is 123 Å². The van der Waals surface area contributed by atoms with Gasteiger partial charge in [-0.3, -0.25) is 9.78 Å². The normalized spacial score (nSPS) is 9.67. The number of pyridine rings is 1. The Hall–Kier alpha value is -2.64. The molecular formula is C17H16N2O2. The maximum absolute atomic E-state index is 12.2. The average Bonchev–Trinajstić information content (AvgIpc) is 2.47. The third-order valence-corrected chi connectivity index (χ3v) is 2.90. The van der Waals surface area contributed by atoms with E-state index in [1.807, 2.05) is 32.0 Å². The molecular weight excluding hydrogens is 264 g/mol. The van der Waals surface area contributed by atoms with Crippen LogP contribution >= 0.6 is 0 Å². The summed E-state index contributed by atoms with van der Waals surface area (Å²) >= 11 is 0. The fourth-order valence-electron chi connectivity index (χ4n) is 1.80. The number of rotatable bonds is 2. The van der Waals surface area contributed by atoms with Gasteiger partial charge in [0.15, 0.2) is 0 Å². The first-order chi connectivity index (χ1) is 10.1. The molecule has 0 aliphatic carbocycles. The maximum atomic E-state index is 12.2. The number of carbonyl (C=O) groups excluding carboxylic acids is 1. The number of amides is 1. The molecule has 0 spiro atoms. The predicted molar refractivity (Wildman–Crippen MR) is 82.1 cm³/mol. The van der Waals surface area contributed by atoms with E-state index in [-0.39, 0.29) is 12.5 Å². The number of anilines is 1. The zero-order chi connectivity index (χ0) is 15.2. The van der Waals surface area contributed by atoms with Crippen LogP contribution < -0.4 is 5.32 Å². The smallest absolute Gasteiger partial charge is 0.257 e. The lowest BCUT2D eigenvalue weighted by atomic mass is 10.1. The van der Waals surface area contributed by atoms with Gasteiger partial charge in [-0.2, -0.15) is 0 Å². The molecule has 0 radical (unpaired) electrons. The summed E-state index contributed by atoms with van der Waals surface area (Å²) in [6.45, 7) is 3.58. The van der Waals surface area contributed by atoms with Crippen molar-refractivity contribution >= 4 is 11.6 Å². The van der Waals surface area contributed by atoms with Crippen molar-refractivity contribution in [2.24, 2.45) is 0 Å². The van der Waals surface area contributed by atoms with E-state index < -0.39 is 0 Å². The Kier molecular flexibility index (Phi) is 4.70. The molecule has 1 aromatic carbocycles. The van der Waals surface area contributed by atoms with E-state index in [9.17, 15) is 4.79 Å². The Bertz CT molecular complexity index is 710. The van der Waals surface area contributed by atoms with E-state index in [0.29, 0.717) is 16.8 Å². The summed E-state index contributed by atoms with van der Waals surface area (Å²) in [5, 5.41) is 11.6. The highest BCUT2D eigenvalue weighted by molar-refractivity contribution is 6.04. The van der Waals surface area contributed by atoms with E-state index in [0.717, 1.165) is 11.3 Å². The minimum absolute atomic E-state index is 0.219. The Morgan fingerprint density at radius 1 is 1.29 bits per heavy atom. The van der Waals surface area contributed by atoms with Gasteiger partial charge in [-0.25, -0.2) is 0 Å². The summed E-state index contributed by atoms with van der Waals surface area (Å²) in [6, 6.07) is 9.09. The van der Waals surface area contributed by atoms with Crippen molar-refractivity contribution in [1.82, 2.24) is 4.98 Å². The lowest BCUT2D eigenvalue weighted by Gasteiger charge is -2.08. The number of aryl methyl sites for hydroxylation is 2. The molecule has 0 saturated carbocycles. The van der Waals surface area contributed by atoms with Crippen LogP contribution in [0.1, 0.15) is 27.2 Å². The molecule has 1 heterocycles. The number of hydrogen-bond donors (Lipinski definition) is 2. The summed E-state index contributed by atoms with van der Waals surface area (Å²) in [7, 11) is 0. The van der Waals surface area contributed by atoms with Crippen molar-refractivity contribution < 1.29 is 9.90 Å². The molecule has 0 fully saturated rings. The number of nitrogens with zero attached hydrogens (tertiary/aromatic N) is 1. The molecule has 4 nitrogen and oxygen atoms in total. The van der Waals surface area contributed by atoms with Crippen LogP contribution in [0.4, 0.5) is 5.69 Å². The summed E-state index contributed by atoms with van der Waals surface area (Å²) in [5.41, 5.74) is 3.66. The van der Waals surface area contributed by atoms with Crippen LogP contribution in [0.2, 0.25) is 0 Å². The number of aliphatic hydroxyl groups excluding tert-OH is 1. The van der Waals surface area contributed by atoms with Crippen molar-refractivity contribution in [3.63, 3.8) is 0 Å². The van der Waals surface area contributed by atoms with Crippen molar-refractivity contribution in [2.45, 2.75) is 13.8 Å². The van der Waals surface area contributed by atoms with Crippen molar-refractivity contribution in [3.05, 3.63) is 58.9 Å². The zero-order valence-corrected chi connectivity index (χ0v) is 12.0. The summed E-state index contributed by atoms with van der Waals surface area (Å²) in [5.74, 6) is 5.18. The highest BCUT2D eigenvalue weighted by Crippen LogP contribution is 2.17. The molecule has 2 N–H and O–H groups in total. The number of carbonyl (C=O) groups is 1. The van der Waals surface area contributed by atoms with Crippen LogP contribution in [0.25, 0.3) is 0 Å². The van der Waals surface area contributed by atoms with Crippen molar-refractivity contribution in [3.8, 4) is 11.8 Å². The summed E-state index contributed by atoms with van der Waals surface area (Å²) < 4.78 is 0. The van der Waals surface area contributed by atoms with E-state index in [2.05, 4.69) is 22.1 Å². The second-order valence-corrected chi connectivity index (χ2v) is 4.65. The molecule has 106 valence electrons. The lowest BCUT2D eigenvalue weighted by molar-refractivity contribution is 0.102. The molecule has 2 aromatic rings. The molecule has 4 heteroatoms. The van der Waals surface area contributed by atoms with E-state index in [1.54, 1.807) is 18.3 Å². The topological polar surface area (TPSA) is 62.2 Å². The van der Waals surface area contributed by atoms with Crippen LogP contribution in [0.3, 0.4) is 0 Å². The second-order valence-electron chi connectivity index (χ2n) is 4.65. The highest BCUT2D eigenvalue weighted by Gasteiger charge is 2.09. The van der Waals surface area contributed by atoms with Crippen LogP contribution in [0.5, 0.6) is 0 Å². The zero-order valence-electron chi connectivity index (χ0n) is 12.0. The molecule has 0 atom stereocenters. The second kappa shape index (κ2) is 6.69. The fraction of sp³-hybridized carbons (Fsp3) is 0.176. The minimum atomic E-state index is -0.236.